The van der Waals surface area contributed by atoms with E-state index in [4.69, 9.17) is 0 Å². The van der Waals surface area contributed by atoms with E-state index in [-0.39, 0.29) is 17.2 Å². The molecule has 1 aliphatic heterocycles. The molecule has 27 heavy (non-hydrogen) atoms. The Morgan fingerprint density at radius 1 is 1.15 bits per heavy atom. The van der Waals surface area contributed by atoms with Crippen LogP contribution >= 0.6 is 15.9 Å². The number of halogens is 1. The minimum Gasteiger partial charge on any atom is -0.326 e. The lowest BCUT2D eigenvalue weighted by molar-refractivity contribution is -0.115. The van der Waals surface area contributed by atoms with E-state index in [0.29, 0.717) is 24.7 Å². The van der Waals surface area contributed by atoms with Crippen LogP contribution in [0.15, 0.2) is 57.9 Å². The molecule has 0 bridgehead atoms. The Balaban J connectivity index is 1.63. The zero-order chi connectivity index (χ0) is 19.4. The second-order valence-electron chi connectivity index (χ2n) is 6.97. The van der Waals surface area contributed by atoms with Crippen molar-refractivity contribution in [3.05, 3.63) is 58.6 Å². The van der Waals surface area contributed by atoms with Crippen LogP contribution in [0.1, 0.15) is 25.3 Å². The Labute approximate surface area is 169 Å². The molecule has 0 radical (unpaired) electrons. The molecule has 3 rings (SSSR count). The van der Waals surface area contributed by atoms with Crippen LogP contribution in [0.3, 0.4) is 0 Å². The van der Waals surface area contributed by atoms with E-state index in [1.807, 2.05) is 24.3 Å². The van der Waals surface area contributed by atoms with Gasteiger partial charge in [0.15, 0.2) is 0 Å². The van der Waals surface area contributed by atoms with Gasteiger partial charge in [-0.25, -0.2) is 8.42 Å². The number of rotatable bonds is 5. The molecule has 1 heterocycles. The van der Waals surface area contributed by atoms with Crippen molar-refractivity contribution in [2.24, 2.45) is 5.92 Å². The van der Waals surface area contributed by atoms with Gasteiger partial charge in [-0.1, -0.05) is 35.0 Å². The fourth-order valence-electron chi connectivity index (χ4n) is 3.12. The maximum Gasteiger partial charge on any atom is 0.243 e. The number of piperidine rings is 1. The summed E-state index contributed by atoms with van der Waals surface area (Å²) >= 11 is 3.39. The third-order valence-corrected chi connectivity index (χ3v) is 7.18. The lowest BCUT2D eigenvalue weighted by Gasteiger charge is -2.29. The van der Waals surface area contributed by atoms with Gasteiger partial charge >= 0.3 is 0 Å². The molecule has 0 unspecified atom stereocenters. The van der Waals surface area contributed by atoms with Crippen molar-refractivity contribution in [2.45, 2.75) is 31.1 Å². The first-order chi connectivity index (χ1) is 12.8. The zero-order valence-corrected chi connectivity index (χ0v) is 17.6. The Morgan fingerprint density at radius 3 is 2.44 bits per heavy atom. The zero-order valence-electron chi connectivity index (χ0n) is 15.2. The van der Waals surface area contributed by atoms with Crippen molar-refractivity contribution in [3.63, 3.8) is 0 Å². The quantitative estimate of drug-likeness (QED) is 0.746. The Bertz CT molecular complexity index is 905. The fraction of sp³-hybridized carbons (Fsp3) is 0.350. The summed E-state index contributed by atoms with van der Waals surface area (Å²) in [6, 6.07) is 14.0. The number of nitrogens with zero attached hydrogens (tertiary/aromatic N) is 1. The van der Waals surface area contributed by atoms with Crippen LogP contribution in [0.2, 0.25) is 0 Å². The highest BCUT2D eigenvalue weighted by Gasteiger charge is 2.27. The Kier molecular flexibility index (Phi) is 6.34. The summed E-state index contributed by atoms with van der Waals surface area (Å²) in [5.41, 5.74) is 1.49. The Hall–Kier alpha value is -1.70. The van der Waals surface area contributed by atoms with Crippen molar-refractivity contribution in [1.29, 1.82) is 0 Å². The predicted molar refractivity (Wildman–Crippen MR) is 110 cm³/mol. The topological polar surface area (TPSA) is 66.5 Å². The molecule has 2 aromatic rings. The third-order valence-electron chi connectivity index (χ3n) is 4.77. The number of benzene rings is 2. The van der Waals surface area contributed by atoms with E-state index >= 15 is 0 Å². The van der Waals surface area contributed by atoms with Crippen molar-refractivity contribution < 1.29 is 13.2 Å². The van der Waals surface area contributed by atoms with Gasteiger partial charge in [0.05, 0.1) is 11.3 Å². The maximum absolute atomic E-state index is 12.7. The number of nitrogens with one attached hydrogen (secondary N) is 1. The number of sulfonamides is 1. The minimum atomic E-state index is -3.47. The molecule has 0 spiro atoms. The first kappa shape index (κ1) is 20.0. The van der Waals surface area contributed by atoms with Gasteiger partial charge < -0.3 is 5.32 Å². The van der Waals surface area contributed by atoms with Crippen molar-refractivity contribution in [2.75, 3.05) is 18.4 Å². The fourth-order valence-corrected chi connectivity index (χ4v) is 5.04. The maximum atomic E-state index is 12.7. The van der Waals surface area contributed by atoms with Gasteiger partial charge in [0.1, 0.15) is 0 Å². The second-order valence-corrected chi connectivity index (χ2v) is 9.82. The van der Waals surface area contributed by atoms with E-state index in [2.05, 4.69) is 28.2 Å². The van der Waals surface area contributed by atoms with E-state index in [1.54, 1.807) is 28.6 Å². The van der Waals surface area contributed by atoms with Gasteiger partial charge in [-0.3, -0.25) is 4.79 Å². The molecule has 1 amide bonds. The largest absolute Gasteiger partial charge is 0.326 e. The van der Waals surface area contributed by atoms with Gasteiger partial charge in [-0.05, 0) is 60.7 Å². The van der Waals surface area contributed by atoms with Crippen LogP contribution in [0.25, 0.3) is 0 Å². The molecule has 5 nitrogen and oxygen atoms in total. The molecule has 7 heteroatoms. The smallest absolute Gasteiger partial charge is 0.243 e. The molecule has 0 saturated carbocycles. The molecular weight excluding hydrogens is 428 g/mol. The highest BCUT2D eigenvalue weighted by Crippen LogP contribution is 2.24. The first-order valence-corrected chi connectivity index (χ1v) is 11.2. The highest BCUT2D eigenvalue weighted by molar-refractivity contribution is 9.10. The molecule has 1 saturated heterocycles. The van der Waals surface area contributed by atoms with Crippen LogP contribution in [-0.2, 0) is 21.2 Å². The summed E-state index contributed by atoms with van der Waals surface area (Å²) in [7, 11) is -3.47. The molecule has 1 N–H and O–H groups in total. The summed E-state index contributed by atoms with van der Waals surface area (Å²) < 4.78 is 27.9. The number of hydrogen-bond acceptors (Lipinski definition) is 3. The SMILES string of the molecule is CC1CCN(S(=O)(=O)c2ccc(NC(=O)Cc3cccc(Br)c3)cc2)CC1. The minimum absolute atomic E-state index is 0.145. The second kappa shape index (κ2) is 8.54. The molecule has 1 fully saturated rings. The molecule has 0 atom stereocenters. The standard InChI is InChI=1S/C20H23BrN2O3S/c1-15-9-11-23(12-10-15)27(25,26)19-7-5-18(6-8-19)22-20(24)14-16-3-2-4-17(21)13-16/h2-8,13,15H,9-12,14H2,1H3,(H,22,24). The number of carbonyl (C=O) groups is 1. The van der Waals surface area contributed by atoms with Crippen LogP contribution in [0.5, 0.6) is 0 Å². The number of hydrogen-bond donors (Lipinski definition) is 1. The summed E-state index contributed by atoms with van der Waals surface area (Å²) in [6.45, 7) is 3.28. The summed E-state index contributed by atoms with van der Waals surface area (Å²) in [6.07, 6.45) is 2.04. The lowest BCUT2D eigenvalue weighted by Crippen LogP contribution is -2.37. The first-order valence-electron chi connectivity index (χ1n) is 8.99. The van der Waals surface area contributed by atoms with Gasteiger partial charge in [-0.15, -0.1) is 0 Å². The van der Waals surface area contributed by atoms with Crippen LogP contribution in [0, 0.1) is 5.92 Å². The predicted octanol–water partition coefficient (Wildman–Crippen LogP) is 4.05. The van der Waals surface area contributed by atoms with E-state index in [0.717, 1.165) is 22.9 Å². The van der Waals surface area contributed by atoms with Crippen LogP contribution in [-0.4, -0.2) is 31.7 Å². The van der Waals surface area contributed by atoms with Crippen molar-refractivity contribution in [1.82, 2.24) is 4.31 Å². The summed E-state index contributed by atoms with van der Waals surface area (Å²) in [5, 5.41) is 2.81. The third kappa shape index (κ3) is 5.18. The van der Waals surface area contributed by atoms with Crippen molar-refractivity contribution in [3.8, 4) is 0 Å². The number of amides is 1. The molecule has 0 aromatic heterocycles. The lowest BCUT2D eigenvalue weighted by atomic mass is 10.0. The van der Waals surface area contributed by atoms with E-state index in [1.165, 1.54) is 0 Å². The van der Waals surface area contributed by atoms with Gasteiger partial charge in [0.2, 0.25) is 15.9 Å². The van der Waals surface area contributed by atoms with E-state index in [9.17, 15) is 13.2 Å². The van der Waals surface area contributed by atoms with Gasteiger partial charge in [-0.2, -0.15) is 4.31 Å². The van der Waals surface area contributed by atoms with Crippen molar-refractivity contribution >= 4 is 37.5 Å². The normalized spacial score (nSPS) is 16.2. The van der Waals surface area contributed by atoms with Crippen LogP contribution in [0.4, 0.5) is 5.69 Å². The van der Waals surface area contributed by atoms with Gasteiger partial charge in [0.25, 0.3) is 0 Å². The summed E-state index contributed by atoms with van der Waals surface area (Å²) in [5.74, 6) is 0.424. The van der Waals surface area contributed by atoms with E-state index < -0.39 is 10.0 Å². The molecule has 2 aromatic carbocycles. The molecule has 0 aliphatic carbocycles. The molecule has 144 valence electrons. The monoisotopic (exact) mass is 450 g/mol. The highest BCUT2D eigenvalue weighted by atomic mass is 79.9. The Morgan fingerprint density at radius 2 is 1.81 bits per heavy atom. The molecule has 1 aliphatic rings. The van der Waals surface area contributed by atoms with Crippen LogP contribution < -0.4 is 5.32 Å². The van der Waals surface area contributed by atoms with Gasteiger partial charge in [0, 0.05) is 23.2 Å². The average molecular weight is 451 g/mol. The number of anilines is 1. The molecular formula is C20H23BrN2O3S. The number of carbonyl (C=O) groups excluding carboxylic acids is 1. The average Bonchev–Trinajstić information content (AvgIpc) is 2.62. The summed E-state index contributed by atoms with van der Waals surface area (Å²) in [4.78, 5) is 12.5.